The number of hydrogen-bond acceptors (Lipinski definition) is 9. The van der Waals surface area contributed by atoms with E-state index < -0.39 is 5.60 Å². The van der Waals surface area contributed by atoms with Crippen molar-refractivity contribution in [1.82, 2.24) is 25.1 Å². The molecule has 0 spiro atoms. The van der Waals surface area contributed by atoms with Gasteiger partial charge in [-0.1, -0.05) is 18.1 Å². The lowest BCUT2D eigenvalue weighted by Gasteiger charge is -2.36. The van der Waals surface area contributed by atoms with Crippen molar-refractivity contribution in [3.05, 3.63) is 70.7 Å². The molecule has 280 valence electrons. The van der Waals surface area contributed by atoms with E-state index in [9.17, 15) is 4.79 Å². The molecule has 1 amide bonds. The Morgan fingerprint density at radius 2 is 1.85 bits per heavy atom. The van der Waals surface area contributed by atoms with Crippen molar-refractivity contribution in [3.8, 4) is 35.2 Å². The first kappa shape index (κ1) is 35.6. The Morgan fingerprint density at radius 1 is 1.07 bits per heavy atom. The van der Waals surface area contributed by atoms with Gasteiger partial charge >= 0.3 is 12.1 Å². The van der Waals surface area contributed by atoms with E-state index in [0.29, 0.717) is 46.8 Å². The molecule has 2 aliphatic heterocycles. The van der Waals surface area contributed by atoms with Gasteiger partial charge in [-0.2, -0.15) is 15.1 Å². The number of nitrogens with one attached hydrogen (secondary N) is 1. The number of benzene rings is 3. The van der Waals surface area contributed by atoms with Crippen LogP contribution in [0.25, 0.3) is 32.9 Å². The Kier molecular flexibility index (Phi) is 9.09. The maximum atomic E-state index is 15.8. The van der Waals surface area contributed by atoms with Crippen LogP contribution in [0.2, 0.25) is 0 Å². The molecule has 3 aliphatic rings. The van der Waals surface area contributed by atoms with E-state index in [1.54, 1.807) is 20.2 Å². The van der Waals surface area contributed by atoms with Gasteiger partial charge in [0.15, 0.2) is 5.75 Å². The lowest BCUT2D eigenvalue weighted by atomic mass is 9.88. The third-order valence-electron chi connectivity index (χ3n) is 10.6. The summed E-state index contributed by atoms with van der Waals surface area (Å²) in [7, 11) is 1.63. The van der Waals surface area contributed by atoms with Crippen molar-refractivity contribution in [2.45, 2.75) is 90.2 Å². The van der Waals surface area contributed by atoms with Gasteiger partial charge in [0.2, 0.25) is 0 Å². The van der Waals surface area contributed by atoms with Gasteiger partial charge in [-0.3, -0.25) is 5.10 Å². The molecule has 1 N–H and O–H groups in total. The second-order valence-corrected chi connectivity index (χ2v) is 15.7. The van der Waals surface area contributed by atoms with Crippen molar-refractivity contribution in [1.29, 1.82) is 0 Å². The summed E-state index contributed by atoms with van der Waals surface area (Å²) in [5.74, 6) is 3.78. The van der Waals surface area contributed by atoms with Gasteiger partial charge in [-0.25, -0.2) is 9.18 Å². The summed E-state index contributed by atoms with van der Waals surface area (Å²) in [5.41, 5.74) is 5.26. The number of ether oxygens (including phenoxy) is 4. The summed E-state index contributed by atoms with van der Waals surface area (Å²) in [4.78, 5) is 27.4. The number of H-pyrrole nitrogens is 1. The van der Waals surface area contributed by atoms with Crippen molar-refractivity contribution in [2.75, 3.05) is 31.7 Å². The van der Waals surface area contributed by atoms with Gasteiger partial charge in [0.1, 0.15) is 36.0 Å². The molecular weight excluding hydrogens is 687 g/mol. The van der Waals surface area contributed by atoms with Crippen molar-refractivity contribution < 1.29 is 28.1 Å². The number of aromatic amines is 1. The van der Waals surface area contributed by atoms with E-state index in [-0.39, 0.29) is 55.2 Å². The van der Waals surface area contributed by atoms with Gasteiger partial charge in [-0.05, 0) is 101 Å². The number of aromatic nitrogens is 4. The van der Waals surface area contributed by atoms with E-state index in [4.69, 9.17) is 35.3 Å². The number of methoxy groups -OCH3 is 1. The first-order valence-corrected chi connectivity index (χ1v) is 18.5. The molecule has 3 fully saturated rings. The van der Waals surface area contributed by atoms with Crippen LogP contribution in [0.15, 0.2) is 42.6 Å². The fraction of sp³-hybridized carbons (Fsp3) is 0.429. The Hall–Kier alpha value is -5.41. The SMILES string of the molecule is C#Cc1ccc(COc2c(-c3c(C)c(F)cc4[nH]ncc34)c(C3CC3)cc3c(N4C[C@@H]5C[C@H]4CN5C(=O)OC(C)(C)C)nc(OC[C@H](C)OC)nc23)cc1. The molecule has 5 aromatic rings. The first-order chi connectivity index (χ1) is 25.9. The van der Waals surface area contributed by atoms with Crippen LogP contribution in [0.5, 0.6) is 11.8 Å². The highest BCUT2D eigenvalue weighted by Crippen LogP contribution is 2.53. The number of rotatable bonds is 10. The van der Waals surface area contributed by atoms with Crippen molar-refractivity contribution in [3.63, 3.8) is 0 Å². The normalized spacial score (nSPS) is 18.7. The third-order valence-corrected chi connectivity index (χ3v) is 10.6. The van der Waals surface area contributed by atoms with Gasteiger partial charge in [0.05, 0.1) is 29.9 Å². The smallest absolute Gasteiger partial charge is 0.410 e. The maximum absolute atomic E-state index is 15.8. The minimum absolute atomic E-state index is 0.00507. The van der Waals surface area contributed by atoms with Crippen LogP contribution in [-0.4, -0.2) is 81.8 Å². The third kappa shape index (κ3) is 6.66. The van der Waals surface area contributed by atoms with Crippen LogP contribution < -0.4 is 14.4 Å². The molecule has 12 heteroatoms. The van der Waals surface area contributed by atoms with Crippen LogP contribution in [0, 0.1) is 25.1 Å². The second-order valence-electron chi connectivity index (χ2n) is 15.7. The molecule has 4 heterocycles. The maximum Gasteiger partial charge on any atom is 0.410 e. The molecule has 3 atom stereocenters. The predicted octanol–water partition coefficient (Wildman–Crippen LogP) is 7.67. The molecule has 0 radical (unpaired) electrons. The van der Waals surface area contributed by atoms with Crippen LogP contribution in [-0.2, 0) is 16.1 Å². The minimum Gasteiger partial charge on any atom is -0.486 e. The predicted molar refractivity (Wildman–Crippen MR) is 204 cm³/mol. The average Bonchev–Trinajstić information content (AvgIpc) is 3.54. The zero-order chi connectivity index (χ0) is 37.9. The first-order valence-electron chi connectivity index (χ1n) is 18.5. The van der Waals surface area contributed by atoms with Gasteiger partial charge in [-0.15, -0.1) is 6.42 Å². The summed E-state index contributed by atoms with van der Waals surface area (Å²) in [6.07, 6.45) is 9.63. The Balaban J connectivity index is 1.32. The number of hydrogen-bond donors (Lipinski definition) is 1. The number of fused-ring (bicyclic) bond motifs is 4. The molecule has 8 rings (SSSR count). The lowest BCUT2D eigenvalue weighted by Crippen LogP contribution is -2.50. The number of anilines is 1. The molecule has 54 heavy (non-hydrogen) atoms. The summed E-state index contributed by atoms with van der Waals surface area (Å²) in [5, 5.41) is 8.86. The Labute approximate surface area is 314 Å². The zero-order valence-electron chi connectivity index (χ0n) is 31.5. The number of carbonyl (C=O) groups excluding carboxylic acids is 1. The van der Waals surface area contributed by atoms with E-state index in [1.165, 1.54) is 6.07 Å². The molecule has 1 saturated carbocycles. The number of nitrogens with zero attached hydrogens (tertiary/aromatic N) is 5. The fourth-order valence-electron chi connectivity index (χ4n) is 7.69. The zero-order valence-corrected chi connectivity index (χ0v) is 31.5. The highest BCUT2D eigenvalue weighted by molar-refractivity contribution is 6.06. The van der Waals surface area contributed by atoms with E-state index in [1.807, 2.05) is 56.9 Å². The highest BCUT2D eigenvalue weighted by atomic mass is 19.1. The highest BCUT2D eigenvalue weighted by Gasteiger charge is 2.48. The van der Waals surface area contributed by atoms with Gasteiger partial charge in [0.25, 0.3) is 0 Å². The number of terminal acetylenes is 1. The molecular formula is C42H45FN6O5. The summed E-state index contributed by atoms with van der Waals surface area (Å²) in [6.45, 7) is 10.9. The fourth-order valence-corrected chi connectivity index (χ4v) is 7.69. The number of carbonyl (C=O) groups is 1. The molecule has 1 aliphatic carbocycles. The molecule has 11 nitrogen and oxygen atoms in total. The van der Waals surface area contributed by atoms with Gasteiger partial charge in [0, 0.05) is 47.7 Å². The number of likely N-dealkylation sites (tertiary alicyclic amines) is 1. The van der Waals surface area contributed by atoms with Crippen molar-refractivity contribution >= 4 is 33.7 Å². The summed E-state index contributed by atoms with van der Waals surface area (Å²) in [6, 6.07) is 11.5. The van der Waals surface area contributed by atoms with E-state index in [2.05, 4.69) is 27.1 Å². The Morgan fingerprint density at radius 3 is 2.52 bits per heavy atom. The summed E-state index contributed by atoms with van der Waals surface area (Å²) >= 11 is 0. The minimum atomic E-state index is -0.592. The lowest BCUT2D eigenvalue weighted by molar-refractivity contribution is 0.0214. The Bertz CT molecular complexity index is 2290. The number of halogens is 1. The molecule has 3 aromatic carbocycles. The number of piperazine rings is 1. The van der Waals surface area contributed by atoms with Crippen LogP contribution >= 0.6 is 0 Å². The van der Waals surface area contributed by atoms with Crippen LogP contribution in [0.4, 0.5) is 15.0 Å². The quantitative estimate of drug-likeness (QED) is 0.145. The van der Waals surface area contributed by atoms with Crippen LogP contribution in [0.3, 0.4) is 0 Å². The second kappa shape index (κ2) is 13.8. The van der Waals surface area contributed by atoms with Crippen molar-refractivity contribution in [2.24, 2.45) is 0 Å². The summed E-state index contributed by atoms with van der Waals surface area (Å²) < 4.78 is 40.2. The van der Waals surface area contributed by atoms with E-state index >= 15 is 4.39 Å². The van der Waals surface area contributed by atoms with Crippen LogP contribution in [0.1, 0.15) is 75.1 Å². The standard InChI is InChI=1S/C42H45FN6O5/c1-8-25-9-11-26(12-10-25)22-52-38-36(35-24(3)33(43)17-34-32(35)18-44-47-34)30(27-13-14-27)16-31-37(38)45-40(53-21-23(2)51-7)46-39(31)48-19-29-15-28(48)20-49(29)41(50)54-42(4,5)6/h1,9-12,16-18,23,27-29H,13-15,19-22H2,2-7H3,(H,44,47)/t23-,28-,29-/m0/s1. The molecule has 2 bridgehead atoms. The molecule has 0 unspecified atom stereocenters. The topological polar surface area (TPSA) is 115 Å². The average molecular weight is 733 g/mol. The largest absolute Gasteiger partial charge is 0.486 e. The molecule has 2 saturated heterocycles. The van der Waals surface area contributed by atoms with E-state index in [0.717, 1.165) is 52.3 Å². The molecule has 2 aromatic heterocycles. The monoisotopic (exact) mass is 732 g/mol. The number of amides is 1. The van der Waals surface area contributed by atoms with Gasteiger partial charge < -0.3 is 28.7 Å².